The number of rotatable bonds is 4. The number of benzene rings is 1. The third-order valence-corrected chi connectivity index (χ3v) is 4.09. The van der Waals surface area contributed by atoms with Crippen LogP contribution < -0.4 is 4.90 Å². The third-order valence-electron chi connectivity index (χ3n) is 4.09. The second-order valence-corrected chi connectivity index (χ2v) is 5.88. The Morgan fingerprint density at radius 1 is 1.38 bits per heavy atom. The van der Waals surface area contributed by atoms with Crippen LogP contribution in [0.5, 0.6) is 0 Å². The number of piperidine rings is 1. The summed E-state index contributed by atoms with van der Waals surface area (Å²) in [5, 5.41) is 0. The molecular formula is C18H25NO2. The maximum absolute atomic E-state index is 10.8. The van der Waals surface area contributed by atoms with E-state index in [4.69, 9.17) is 4.74 Å². The van der Waals surface area contributed by atoms with Gasteiger partial charge in [-0.3, -0.25) is 4.79 Å². The van der Waals surface area contributed by atoms with Crippen LogP contribution in [0.2, 0.25) is 0 Å². The van der Waals surface area contributed by atoms with E-state index in [1.54, 1.807) is 0 Å². The fourth-order valence-corrected chi connectivity index (χ4v) is 2.74. The molecule has 0 radical (unpaired) electrons. The van der Waals surface area contributed by atoms with Gasteiger partial charge in [-0.15, -0.1) is 0 Å². The van der Waals surface area contributed by atoms with Gasteiger partial charge in [-0.1, -0.05) is 25.1 Å². The van der Waals surface area contributed by atoms with Crippen LogP contribution in [0, 0.1) is 12.8 Å². The topological polar surface area (TPSA) is 29.5 Å². The van der Waals surface area contributed by atoms with E-state index in [1.807, 2.05) is 6.08 Å². The quantitative estimate of drug-likeness (QED) is 0.789. The Morgan fingerprint density at radius 2 is 2.10 bits per heavy atom. The van der Waals surface area contributed by atoms with Crippen molar-refractivity contribution >= 4 is 17.7 Å². The van der Waals surface area contributed by atoms with Gasteiger partial charge in [0.05, 0.1) is 0 Å². The lowest BCUT2D eigenvalue weighted by Gasteiger charge is -2.33. The minimum atomic E-state index is -0.241. The van der Waals surface area contributed by atoms with Gasteiger partial charge in [-0.05, 0) is 43.4 Å². The normalized spacial score (nSPS) is 16.4. The molecule has 0 aromatic heterocycles. The van der Waals surface area contributed by atoms with E-state index in [-0.39, 0.29) is 5.97 Å². The highest BCUT2D eigenvalue weighted by Gasteiger charge is 2.18. The minimum Gasteiger partial charge on any atom is -0.462 e. The maximum Gasteiger partial charge on any atom is 0.302 e. The fraction of sp³-hybridized carbons (Fsp3) is 0.500. The average Bonchev–Trinajstić information content (AvgIpc) is 2.45. The number of nitrogens with zero attached hydrogens (tertiary/aromatic N) is 1. The van der Waals surface area contributed by atoms with Crippen molar-refractivity contribution in [1.29, 1.82) is 0 Å². The molecule has 1 aliphatic rings. The fourth-order valence-electron chi connectivity index (χ4n) is 2.74. The first-order valence-corrected chi connectivity index (χ1v) is 7.72. The molecule has 0 aliphatic carbocycles. The lowest BCUT2D eigenvalue weighted by molar-refractivity contribution is -0.139. The van der Waals surface area contributed by atoms with Crippen molar-refractivity contribution < 1.29 is 9.53 Å². The molecule has 0 spiro atoms. The van der Waals surface area contributed by atoms with E-state index >= 15 is 0 Å². The number of esters is 1. The van der Waals surface area contributed by atoms with Crippen LogP contribution in [-0.2, 0) is 9.53 Å². The average molecular weight is 287 g/mol. The predicted molar refractivity (Wildman–Crippen MR) is 87.5 cm³/mol. The van der Waals surface area contributed by atoms with Crippen LogP contribution in [-0.4, -0.2) is 25.7 Å². The molecule has 21 heavy (non-hydrogen) atoms. The summed E-state index contributed by atoms with van der Waals surface area (Å²) < 4.78 is 4.96. The van der Waals surface area contributed by atoms with Crippen molar-refractivity contribution in [2.45, 2.75) is 33.6 Å². The molecule has 0 bridgehead atoms. The Labute approximate surface area is 127 Å². The van der Waals surface area contributed by atoms with Crippen LogP contribution in [0.4, 0.5) is 5.69 Å². The Hall–Kier alpha value is -1.77. The Bertz CT molecular complexity index is 514. The van der Waals surface area contributed by atoms with E-state index in [0.29, 0.717) is 6.61 Å². The monoisotopic (exact) mass is 287 g/mol. The van der Waals surface area contributed by atoms with Crippen molar-refractivity contribution in [3.8, 4) is 0 Å². The summed E-state index contributed by atoms with van der Waals surface area (Å²) in [4.78, 5) is 13.3. The van der Waals surface area contributed by atoms with E-state index in [0.717, 1.165) is 19.0 Å². The van der Waals surface area contributed by atoms with Gasteiger partial charge in [-0.25, -0.2) is 0 Å². The van der Waals surface area contributed by atoms with Crippen LogP contribution in [0.15, 0.2) is 24.3 Å². The summed E-state index contributed by atoms with van der Waals surface area (Å²) in [5.74, 6) is 0.587. The summed E-state index contributed by atoms with van der Waals surface area (Å²) in [5.41, 5.74) is 3.78. The van der Waals surface area contributed by atoms with Gasteiger partial charge in [0.1, 0.15) is 6.61 Å². The molecule has 0 N–H and O–H groups in total. The largest absolute Gasteiger partial charge is 0.462 e. The molecule has 1 saturated heterocycles. The Morgan fingerprint density at radius 3 is 2.76 bits per heavy atom. The smallest absolute Gasteiger partial charge is 0.302 e. The summed E-state index contributed by atoms with van der Waals surface area (Å²) >= 11 is 0. The SMILES string of the molecule is CC(=O)OC/C=C/c1c(C)cccc1N1CCC(C)CC1. The van der Waals surface area contributed by atoms with E-state index < -0.39 is 0 Å². The van der Waals surface area contributed by atoms with Gasteiger partial charge in [-0.2, -0.15) is 0 Å². The number of hydrogen-bond acceptors (Lipinski definition) is 3. The second-order valence-electron chi connectivity index (χ2n) is 5.88. The first-order valence-electron chi connectivity index (χ1n) is 7.72. The molecule has 1 aromatic carbocycles. The van der Waals surface area contributed by atoms with Crippen molar-refractivity contribution in [1.82, 2.24) is 0 Å². The molecule has 1 heterocycles. The van der Waals surface area contributed by atoms with Crippen LogP contribution in [0.1, 0.15) is 37.8 Å². The molecule has 114 valence electrons. The molecule has 0 amide bonds. The Kier molecular flexibility index (Phi) is 5.43. The highest BCUT2D eigenvalue weighted by Crippen LogP contribution is 2.29. The first kappa shape index (κ1) is 15.6. The first-order chi connectivity index (χ1) is 10.1. The van der Waals surface area contributed by atoms with E-state index in [1.165, 1.54) is 36.6 Å². The van der Waals surface area contributed by atoms with Gasteiger partial charge < -0.3 is 9.64 Å². The van der Waals surface area contributed by atoms with Crippen molar-refractivity contribution in [3.63, 3.8) is 0 Å². The third kappa shape index (κ3) is 4.35. The molecule has 3 heteroatoms. The zero-order chi connectivity index (χ0) is 15.2. The number of hydrogen-bond donors (Lipinski definition) is 0. The zero-order valence-corrected chi connectivity index (χ0v) is 13.3. The van der Waals surface area contributed by atoms with Crippen molar-refractivity contribution in [3.05, 3.63) is 35.4 Å². The number of carbonyl (C=O) groups excluding carboxylic acids is 1. The standard InChI is InChI=1S/C18H25NO2/c1-14-9-11-19(12-10-14)18-8-4-6-15(2)17(18)7-5-13-21-16(3)20/h4-8,14H,9-13H2,1-3H3/b7-5+. The van der Waals surface area contributed by atoms with E-state index in [9.17, 15) is 4.79 Å². The molecule has 0 saturated carbocycles. The summed E-state index contributed by atoms with van der Waals surface area (Å²) in [6.07, 6.45) is 6.50. The van der Waals surface area contributed by atoms with Gasteiger partial charge >= 0.3 is 5.97 Å². The zero-order valence-electron chi connectivity index (χ0n) is 13.3. The molecule has 1 aromatic rings. The highest BCUT2D eigenvalue weighted by atomic mass is 16.5. The summed E-state index contributed by atoms with van der Waals surface area (Å²) in [6, 6.07) is 6.43. The van der Waals surface area contributed by atoms with E-state index in [2.05, 4.69) is 43.0 Å². The lowest BCUT2D eigenvalue weighted by Crippen LogP contribution is -2.33. The lowest BCUT2D eigenvalue weighted by atomic mass is 9.97. The van der Waals surface area contributed by atoms with Gasteiger partial charge in [0.25, 0.3) is 0 Å². The summed E-state index contributed by atoms with van der Waals surface area (Å²) in [6.45, 7) is 8.46. The van der Waals surface area contributed by atoms with Crippen LogP contribution >= 0.6 is 0 Å². The second kappa shape index (κ2) is 7.30. The maximum atomic E-state index is 10.8. The number of ether oxygens (including phenoxy) is 1. The molecule has 3 nitrogen and oxygen atoms in total. The molecule has 2 rings (SSSR count). The number of anilines is 1. The molecule has 0 atom stereocenters. The van der Waals surface area contributed by atoms with Gasteiger partial charge in [0.2, 0.25) is 0 Å². The molecule has 0 unspecified atom stereocenters. The van der Waals surface area contributed by atoms with Crippen molar-refractivity contribution in [2.75, 3.05) is 24.6 Å². The van der Waals surface area contributed by atoms with Gasteiger partial charge in [0.15, 0.2) is 0 Å². The van der Waals surface area contributed by atoms with Crippen LogP contribution in [0.25, 0.3) is 6.08 Å². The number of carbonyl (C=O) groups is 1. The molecule has 1 aliphatic heterocycles. The minimum absolute atomic E-state index is 0.241. The predicted octanol–water partition coefficient (Wildman–Crippen LogP) is 3.81. The number of aryl methyl sites for hydroxylation is 1. The van der Waals surface area contributed by atoms with Crippen molar-refractivity contribution in [2.24, 2.45) is 5.92 Å². The summed E-state index contributed by atoms with van der Waals surface area (Å²) in [7, 11) is 0. The van der Waals surface area contributed by atoms with Crippen LogP contribution in [0.3, 0.4) is 0 Å². The molecule has 1 fully saturated rings. The Balaban J connectivity index is 2.14. The molecular weight excluding hydrogens is 262 g/mol. The van der Waals surface area contributed by atoms with Gasteiger partial charge in [0, 0.05) is 31.3 Å². The highest BCUT2D eigenvalue weighted by molar-refractivity contribution is 5.71.